The number of hydrogen-bond acceptors (Lipinski definition) is 5. The van der Waals surface area contributed by atoms with Crippen molar-refractivity contribution in [1.29, 1.82) is 0 Å². The molecule has 2 aromatic heterocycles. The number of carbonyl (C=O) groups is 1. The van der Waals surface area contributed by atoms with Crippen molar-refractivity contribution in [3.8, 4) is 28.3 Å². The average molecular weight is 471 g/mol. The molecule has 0 spiro atoms. The number of aryl methyl sites for hydroxylation is 1. The van der Waals surface area contributed by atoms with Crippen molar-refractivity contribution in [1.82, 2.24) is 10.2 Å². The molecular formula is C29H30N2O4. The van der Waals surface area contributed by atoms with Crippen LogP contribution in [0.25, 0.3) is 22.6 Å². The topological polar surface area (TPSA) is 77.3 Å². The van der Waals surface area contributed by atoms with Gasteiger partial charge in [-0.25, -0.2) is 0 Å². The lowest BCUT2D eigenvalue weighted by molar-refractivity contribution is -0.140. The zero-order valence-corrected chi connectivity index (χ0v) is 20.3. The number of para-hydroxylation sites is 1. The van der Waals surface area contributed by atoms with Crippen molar-refractivity contribution in [2.45, 2.75) is 33.1 Å². The number of aromatic amines is 1. The molecule has 35 heavy (non-hydrogen) atoms. The Morgan fingerprint density at radius 1 is 1.03 bits per heavy atom. The molecule has 0 aliphatic rings. The first-order chi connectivity index (χ1) is 17.0. The summed E-state index contributed by atoms with van der Waals surface area (Å²) in [6.07, 6.45) is 5.42. The van der Waals surface area contributed by atoms with E-state index in [4.69, 9.17) is 13.9 Å². The van der Waals surface area contributed by atoms with Gasteiger partial charge in [0.15, 0.2) is 0 Å². The van der Waals surface area contributed by atoms with E-state index in [0.717, 1.165) is 50.7 Å². The quantitative estimate of drug-likeness (QED) is 0.211. The molecule has 2 aromatic carbocycles. The number of esters is 1. The lowest BCUT2D eigenvalue weighted by Gasteiger charge is -2.12. The number of nitrogens with one attached hydrogen (secondary N) is 1. The third-order valence-corrected chi connectivity index (χ3v) is 6.00. The van der Waals surface area contributed by atoms with Crippen molar-refractivity contribution < 1.29 is 18.7 Å². The van der Waals surface area contributed by atoms with E-state index in [2.05, 4.69) is 28.4 Å². The van der Waals surface area contributed by atoms with Gasteiger partial charge in [-0.3, -0.25) is 9.89 Å². The smallest absolute Gasteiger partial charge is 0.305 e. The van der Waals surface area contributed by atoms with Crippen LogP contribution in [-0.2, 0) is 16.0 Å². The molecule has 0 saturated heterocycles. The van der Waals surface area contributed by atoms with E-state index in [0.29, 0.717) is 25.9 Å². The number of nitrogens with zero attached hydrogens (tertiary/aromatic N) is 1. The van der Waals surface area contributed by atoms with Gasteiger partial charge in [-0.05, 0) is 50.1 Å². The van der Waals surface area contributed by atoms with Gasteiger partial charge in [-0.15, -0.1) is 0 Å². The number of hydrogen-bond donors (Lipinski definition) is 1. The van der Waals surface area contributed by atoms with E-state index in [1.807, 2.05) is 62.4 Å². The number of carbonyl (C=O) groups excluding carboxylic acids is 1. The van der Waals surface area contributed by atoms with Gasteiger partial charge in [0.1, 0.15) is 18.1 Å². The number of aromatic nitrogens is 2. The predicted octanol–water partition coefficient (Wildman–Crippen LogP) is 6.51. The van der Waals surface area contributed by atoms with Gasteiger partial charge >= 0.3 is 5.97 Å². The Labute approximate surface area is 205 Å². The van der Waals surface area contributed by atoms with Crippen LogP contribution in [-0.4, -0.2) is 29.9 Å². The first-order valence-electron chi connectivity index (χ1n) is 11.7. The summed E-state index contributed by atoms with van der Waals surface area (Å²) in [5, 5.41) is 7.74. The van der Waals surface area contributed by atoms with E-state index in [9.17, 15) is 4.79 Å². The van der Waals surface area contributed by atoms with Crippen LogP contribution in [0.5, 0.6) is 5.75 Å². The normalized spacial score (nSPS) is 11.5. The summed E-state index contributed by atoms with van der Waals surface area (Å²) in [6.45, 7) is 4.48. The lowest BCUT2D eigenvalue weighted by atomic mass is 9.98. The maximum atomic E-state index is 11.3. The Hall–Kier alpha value is -4.06. The van der Waals surface area contributed by atoms with Crippen LogP contribution < -0.4 is 4.74 Å². The zero-order valence-electron chi connectivity index (χ0n) is 20.3. The van der Waals surface area contributed by atoms with Crippen LogP contribution >= 0.6 is 0 Å². The Balaban J connectivity index is 1.48. The molecule has 0 amide bonds. The van der Waals surface area contributed by atoms with Crippen molar-refractivity contribution >= 4 is 5.97 Å². The molecule has 180 valence electrons. The maximum absolute atomic E-state index is 11.3. The fourth-order valence-corrected chi connectivity index (χ4v) is 3.90. The molecule has 0 fully saturated rings. The van der Waals surface area contributed by atoms with Crippen LogP contribution in [0.4, 0.5) is 0 Å². The number of rotatable bonds is 10. The molecular weight excluding hydrogens is 440 g/mol. The Kier molecular flexibility index (Phi) is 7.83. The third-order valence-electron chi connectivity index (χ3n) is 6.00. The van der Waals surface area contributed by atoms with Gasteiger partial charge in [0.05, 0.1) is 19.1 Å². The SMILES string of the molecule is COC(=O)CC/C(C)=C/COc1ccccc1Cc1c(-c2ccc(-c3ccco3)cc2)n[nH]c1C. The van der Waals surface area contributed by atoms with Gasteiger partial charge in [0.2, 0.25) is 0 Å². The highest BCUT2D eigenvalue weighted by atomic mass is 16.5. The number of H-pyrrole nitrogens is 1. The largest absolute Gasteiger partial charge is 0.489 e. The van der Waals surface area contributed by atoms with E-state index >= 15 is 0 Å². The second-order valence-electron chi connectivity index (χ2n) is 8.45. The van der Waals surface area contributed by atoms with Crippen LogP contribution in [0.15, 0.2) is 83.0 Å². The van der Waals surface area contributed by atoms with Gasteiger partial charge < -0.3 is 13.9 Å². The standard InChI is InChI=1S/C29H30N2O4/c1-20(10-15-28(32)33-3)16-18-35-27-8-5-4-7-24(27)19-25-21(2)30-31-29(25)23-13-11-22(12-14-23)26-9-6-17-34-26/h4-9,11-14,16-17H,10,15,18-19H2,1-3H3,(H,30,31)/b20-16+. The number of allylic oxidation sites excluding steroid dienone is 1. The molecule has 0 aliphatic carbocycles. The molecule has 4 rings (SSSR count). The summed E-state index contributed by atoms with van der Waals surface area (Å²) in [4.78, 5) is 11.3. The highest BCUT2D eigenvalue weighted by molar-refractivity contribution is 5.70. The molecule has 2 heterocycles. The number of methoxy groups -OCH3 is 1. The average Bonchev–Trinajstić information content (AvgIpc) is 3.54. The van der Waals surface area contributed by atoms with E-state index < -0.39 is 0 Å². The monoisotopic (exact) mass is 470 g/mol. The number of furan rings is 1. The Bertz CT molecular complexity index is 1280. The van der Waals surface area contributed by atoms with E-state index in [1.165, 1.54) is 7.11 Å². The summed E-state index contributed by atoms with van der Waals surface area (Å²) < 4.78 is 16.3. The summed E-state index contributed by atoms with van der Waals surface area (Å²) in [5.41, 5.74) is 7.36. The molecule has 1 N–H and O–H groups in total. The van der Waals surface area contributed by atoms with Gasteiger partial charge in [0.25, 0.3) is 0 Å². The zero-order chi connectivity index (χ0) is 24.6. The second kappa shape index (κ2) is 11.4. The van der Waals surface area contributed by atoms with Crippen LogP contribution in [0, 0.1) is 6.92 Å². The van der Waals surface area contributed by atoms with E-state index in [-0.39, 0.29) is 5.97 Å². The first kappa shape index (κ1) is 24.1. The molecule has 6 nitrogen and oxygen atoms in total. The molecule has 4 aromatic rings. The Morgan fingerprint density at radius 3 is 2.54 bits per heavy atom. The Morgan fingerprint density at radius 2 is 1.80 bits per heavy atom. The molecule has 0 bridgehead atoms. The van der Waals surface area contributed by atoms with Crippen molar-refractivity contribution in [2.24, 2.45) is 0 Å². The highest BCUT2D eigenvalue weighted by Crippen LogP contribution is 2.31. The van der Waals surface area contributed by atoms with Gasteiger partial charge in [0, 0.05) is 35.2 Å². The minimum Gasteiger partial charge on any atom is -0.489 e. The van der Waals surface area contributed by atoms with Crippen LogP contribution in [0.2, 0.25) is 0 Å². The number of ether oxygens (including phenoxy) is 2. The van der Waals surface area contributed by atoms with E-state index in [1.54, 1.807) is 6.26 Å². The fraction of sp³-hybridized carbons (Fsp3) is 0.241. The molecule has 0 atom stereocenters. The van der Waals surface area contributed by atoms with Crippen molar-refractivity contribution in [2.75, 3.05) is 13.7 Å². The fourth-order valence-electron chi connectivity index (χ4n) is 3.90. The molecule has 0 unspecified atom stereocenters. The first-order valence-corrected chi connectivity index (χ1v) is 11.7. The lowest BCUT2D eigenvalue weighted by Crippen LogP contribution is -2.02. The van der Waals surface area contributed by atoms with Gasteiger partial charge in [-0.2, -0.15) is 5.10 Å². The summed E-state index contributed by atoms with van der Waals surface area (Å²) in [7, 11) is 1.41. The van der Waals surface area contributed by atoms with Crippen LogP contribution in [0.1, 0.15) is 36.6 Å². The molecule has 0 saturated carbocycles. The summed E-state index contributed by atoms with van der Waals surface area (Å²) in [6, 6.07) is 20.1. The minimum absolute atomic E-state index is 0.203. The van der Waals surface area contributed by atoms with Crippen molar-refractivity contribution in [3.05, 3.63) is 95.4 Å². The predicted molar refractivity (Wildman–Crippen MR) is 136 cm³/mol. The molecule has 6 heteroatoms. The van der Waals surface area contributed by atoms with Gasteiger partial charge in [-0.1, -0.05) is 48.0 Å². The second-order valence-corrected chi connectivity index (χ2v) is 8.45. The van der Waals surface area contributed by atoms with Crippen LogP contribution in [0.3, 0.4) is 0 Å². The number of benzene rings is 2. The summed E-state index contributed by atoms with van der Waals surface area (Å²) in [5.74, 6) is 1.48. The summed E-state index contributed by atoms with van der Waals surface area (Å²) >= 11 is 0. The molecule has 0 aliphatic heterocycles. The maximum Gasteiger partial charge on any atom is 0.305 e. The highest BCUT2D eigenvalue weighted by Gasteiger charge is 2.15. The minimum atomic E-state index is -0.203. The molecule has 0 radical (unpaired) electrons. The third kappa shape index (κ3) is 6.09. The van der Waals surface area contributed by atoms with Crippen molar-refractivity contribution in [3.63, 3.8) is 0 Å².